The highest BCUT2D eigenvalue weighted by molar-refractivity contribution is 6.05. The highest BCUT2D eigenvalue weighted by Gasteiger charge is 2.39. The minimum absolute atomic E-state index is 0.0981. The lowest BCUT2D eigenvalue weighted by molar-refractivity contribution is -0.139. The summed E-state index contributed by atoms with van der Waals surface area (Å²) in [6.07, 6.45) is 3.65. The molecule has 9 rings (SSSR count). The van der Waals surface area contributed by atoms with Gasteiger partial charge in [0, 0.05) is 18.5 Å². The highest BCUT2D eigenvalue weighted by Crippen LogP contribution is 2.39. The molecule has 4 atom stereocenters. The Kier molecular flexibility index (Phi) is 11.2. The second kappa shape index (κ2) is 17.0. The largest absolute Gasteiger partial charge is 0.340 e. The number of fused-ring (bicyclic) bond motifs is 4. The molecule has 2 saturated heterocycles. The lowest BCUT2D eigenvalue weighted by atomic mass is 10.0. The summed E-state index contributed by atoms with van der Waals surface area (Å²) in [6, 6.07) is 36.8. The lowest BCUT2D eigenvalue weighted by Gasteiger charge is -2.34. The predicted molar refractivity (Wildman–Crippen MR) is 240 cm³/mol. The van der Waals surface area contributed by atoms with Gasteiger partial charge in [0.1, 0.15) is 23.7 Å². The Balaban J connectivity index is 0.972. The van der Waals surface area contributed by atoms with Crippen LogP contribution in [-0.4, -0.2) is 90.6 Å². The van der Waals surface area contributed by atoms with Gasteiger partial charge in [0.25, 0.3) is 0 Å². The molecule has 0 radical (unpaired) electrons. The number of likely N-dealkylation sites (N-methyl/N-ethyl adjacent to an activating group) is 2. The van der Waals surface area contributed by atoms with Crippen molar-refractivity contribution in [3.05, 3.63) is 132 Å². The Hall–Kier alpha value is -5.84. The third-order valence-electron chi connectivity index (χ3n) is 13.1. The normalized spacial score (nSPS) is 18.1. The van der Waals surface area contributed by atoms with E-state index in [0.717, 1.165) is 132 Å². The first-order chi connectivity index (χ1) is 29.4. The molecule has 2 fully saturated rings. The van der Waals surface area contributed by atoms with Gasteiger partial charge in [-0.1, -0.05) is 113 Å². The zero-order valence-electron chi connectivity index (χ0n) is 35.3. The fourth-order valence-electron chi connectivity index (χ4n) is 9.94. The van der Waals surface area contributed by atoms with Crippen molar-refractivity contribution in [2.24, 2.45) is 0 Å². The van der Waals surface area contributed by atoms with Crippen molar-refractivity contribution in [1.82, 2.24) is 39.5 Å². The van der Waals surface area contributed by atoms with Gasteiger partial charge in [-0.25, -0.2) is 9.97 Å². The van der Waals surface area contributed by atoms with Crippen molar-refractivity contribution in [2.75, 3.05) is 39.3 Å². The van der Waals surface area contributed by atoms with Crippen LogP contribution in [0.2, 0.25) is 0 Å². The summed E-state index contributed by atoms with van der Waals surface area (Å²) >= 11 is 0. The van der Waals surface area contributed by atoms with E-state index in [4.69, 9.17) is 9.97 Å². The summed E-state index contributed by atoms with van der Waals surface area (Å²) in [5.74, 6) is 1.99. The fraction of sp³-hybridized carbons (Fsp3) is 0.360. The van der Waals surface area contributed by atoms with Gasteiger partial charge in [0.05, 0.1) is 34.2 Å². The standard InChI is InChI=1S/C50H56N8O2/c1-5-55(6-2)45(33-17-11-9-12-18-33)49(59)57-29-15-21-42(57)47-51-39-27-24-36(32-41(39)53-47)35-23-26-38-37(31-35)25-28-40-44(38)54-48(52-40)43-22-16-30-58(43)50(60)46(56(7-3)8-4)34-19-13-10-14-20-34/h9-14,17-20,23-28,31-32,42-43,45-46H,5-8,15-16,21-22,29-30H2,1-4H3,(H,51,53)(H,52,54)/t42-,43+,45+,46+/m0/s1. The Bertz CT molecular complexity index is 2610. The Morgan fingerprint density at radius 2 is 1.13 bits per heavy atom. The smallest absolute Gasteiger partial charge is 0.245 e. The van der Waals surface area contributed by atoms with Crippen molar-refractivity contribution >= 4 is 44.7 Å². The average molecular weight is 801 g/mol. The molecule has 0 bridgehead atoms. The molecule has 5 aromatic carbocycles. The molecule has 0 saturated carbocycles. The summed E-state index contributed by atoms with van der Waals surface area (Å²) in [4.78, 5) is 54.9. The molecule has 2 amide bonds. The number of benzene rings is 5. The molecule has 10 heteroatoms. The van der Waals surface area contributed by atoms with E-state index in [1.54, 1.807) is 0 Å². The van der Waals surface area contributed by atoms with Gasteiger partial charge < -0.3 is 19.8 Å². The van der Waals surface area contributed by atoms with E-state index in [-0.39, 0.29) is 36.0 Å². The molecule has 0 spiro atoms. The van der Waals surface area contributed by atoms with Gasteiger partial charge in [0.2, 0.25) is 11.8 Å². The van der Waals surface area contributed by atoms with Gasteiger partial charge >= 0.3 is 0 Å². The third-order valence-corrected chi connectivity index (χ3v) is 13.1. The number of hydrogen-bond acceptors (Lipinski definition) is 6. The maximum atomic E-state index is 14.4. The molecule has 2 N–H and O–H groups in total. The van der Waals surface area contributed by atoms with Crippen molar-refractivity contribution in [3.63, 3.8) is 0 Å². The predicted octanol–water partition coefficient (Wildman–Crippen LogP) is 9.75. The molecular formula is C50H56N8O2. The first-order valence-corrected chi connectivity index (χ1v) is 22.0. The van der Waals surface area contributed by atoms with Gasteiger partial charge in [-0.05, 0) is 104 Å². The van der Waals surface area contributed by atoms with Gasteiger partial charge in [-0.2, -0.15) is 0 Å². The molecule has 10 nitrogen and oxygen atoms in total. The molecule has 7 aromatic rings. The zero-order chi connectivity index (χ0) is 41.3. The molecule has 0 aliphatic carbocycles. The first-order valence-electron chi connectivity index (χ1n) is 22.0. The summed E-state index contributed by atoms with van der Waals surface area (Å²) in [6.45, 7) is 13.1. The Morgan fingerprint density at radius 3 is 1.70 bits per heavy atom. The number of likely N-dealkylation sites (tertiary alicyclic amines) is 2. The monoisotopic (exact) mass is 800 g/mol. The van der Waals surface area contributed by atoms with E-state index >= 15 is 0 Å². The van der Waals surface area contributed by atoms with Gasteiger partial charge in [-0.15, -0.1) is 0 Å². The number of nitrogens with zero attached hydrogens (tertiary/aromatic N) is 6. The molecule has 2 aliphatic rings. The number of imidazole rings is 2. The van der Waals surface area contributed by atoms with Crippen LogP contribution < -0.4 is 0 Å². The summed E-state index contributed by atoms with van der Waals surface area (Å²) in [5, 5.41) is 2.18. The second-order valence-corrected chi connectivity index (χ2v) is 16.3. The molecular weight excluding hydrogens is 745 g/mol. The fourth-order valence-corrected chi connectivity index (χ4v) is 9.94. The summed E-state index contributed by atoms with van der Waals surface area (Å²) in [5.41, 5.74) is 8.03. The lowest BCUT2D eigenvalue weighted by Crippen LogP contribution is -2.43. The number of hydrogen-bond donors (Lipinski definition) is 2. The highest BCUT2D eigenvalue weighted by atomic mass is 16.2. The van der Waals surface area contributed by atoms with Crippen LogP contribution >= 0.6 is 0 Å². The topological polar surface area (TPSA) is 104 Å². The number of amides is 2. The minimum atomic E-state index is -0.324. The maximum Gasteiger partial charge on any atom is 0.245 e. The molecule has 4 heterocycles. The van der Waals surface area contributed by atoms with Crippen molar-refractivity contribution in [2.45, 2.75) is 77.5 Å². The van der Waals surface area contributed by atoms with Crippen LogP contribution in [0.5, 0.6) is 0 Å². The second-order valence-electron chi connectivity index (χ2n) is 16.3. The van der Waals surface area contributed by atoms with E-state index in [1.165, 1.54) is 0 Å². The molecule has 2 aromatic heterocycles. The van der Waals surface area contributed by atoms with Crippen molar-refractivity contribution in [1.29, 1.82) is 0 Å². The van der Waals surface area contributed by atoms with E-state index in [9.17, 15) is 9.59 Å². The van der Waals surface area contributed by atoms with E-state index < -0.39 is 0 Å². The number of carbonyl (C=O) groups is 2. The first kappa shape index (κ1) is 39.6. The minimum Gasteiger partial charge on any atom is -0.340 e. The van der Waals surface area contributed by atoms with Crippen LogP contribution in [0.4, 0.5) is 0 Å². The van der Waals surface area contributed by atoms with Crippen LogP contribution in [0.25, 0.3) is 44.0 Å². The molecule has 2 aliphatic heterocycles. The average Bonchev–Trinajstić information content (AvgIpc) is 4.13. The number of aromatic amines is 2. The van der Waals surface area contributed by atoms with E-state index in [1.807, 2.05) is 36.4 Å². The number of carbonyl (C=O) groups excluding carboxylic acids is 2. The zero-order valence-corrected chi connectivity index (χ0v) is 35.3. The van der Waals surface area contributed by atoms with Crippen molar-refractivity contribution in [3.8, 4) is 11.1 Å². The summed E-state index contributed by atoms with van der Waals surface area (Å²) < 4.78 is 0. The van der Waals surface area contributed by atoms with Crippen LogP contribution in [0.15, 0.2) is 109 Å². The molecule has 0 unspecified atom stereocenters. The number of aromatic nitrogens is 4. The Morgan fingerprint density at radius 1 is 0.617 bits per heavy atom. The molecule has 60 heavy (non-hydrogen) atoms. The van der Waals surface area contributed by atoms with Crippen LogP contribution in [0, 0.1) is 0 Å². The number of rotatable bonds is 13. The van der Waals surface area contributed by atoms with Gasteiger partial charge in [0.15, 0.2) is 0 Å². The SMILES string of the molecule is CCN(CC)[C@@H](C(=O)N1CCC[C@@H]1c1nc2c(ccc3cc(-c4ccc5nc([C@@H]6CCCN6C(=O)[C@@H](c6ccccc6)N(CC)CC)[nH]c5c4)ccc32)[nH]1)c1ccccc1. The van der Waals surface area contributed by atoms with Crippen molar-refractivity contribution < 1.29 is 9.59 Å². The van der Waals surface area contributed by atoms with Crippen LogP contribution in [-0.2, 0) is 9.59 Å². The summed E-state index contributed by atoms with van der Waals surface area (Å²) in [7, 11) is 0. The maximum absolute atomic E-state index is 14.4. The number of H-pyrrole nitrogens is 2. The van der Waals surface area contributed by atoms with Gasteiger partial charge in [-0.3, -0.25) is 19.4 Å². The number of nitrogens with one attached hydrogen (secondary N) is 2. The van der Waals surface area contributed by atoms with E-state index in [2.05, 4.69) is 130 Å². The van der Waals surface area contributed by atoms with Crippen LogP contribution in [0.1, 0.15) is 100 Å². The van der Waals surface area contributed by atoms with Crippen LogP contribution in [0.3, 0.4) is 0 Å². The molecule has 308 valence electrons. The third kappa shape index (κ3) is 7.26. The van der Waals surface area contributed by atoms with E-state index in [0.29, 0.717) is 0 Å². The Labute approximate surface area is 352 Å². The quantitative estimate of drug-likeness (QED) is 0.120.